The van der Waals surface area contributed by atoms with Gasteiger partial charge in [-0.3, -0.25) is 0 Å². The summed E-state index contributed by atoms with van der Waals surface area (Å²) in [6.45, 7) is -0.0859. The summed E-state index contributed by atoms with van der Waals surface area (Å²) in [5.74, 6) is -1.22. The van der Waals surface area contributed by atoms with Crippen LogP contribution in [0.1, 0.15) is 21.7 Å². The molecule has 0 aliphatic rings. The predicted octanol–water partition coefficient (Wildman–Crippen LogP) is -0.483. The van der Waals surface area contributed by atoms with E-state index < -0.39 is 16.0 Å². The Bertz CT molecular complexity index is 698. The van der Waals surface area contributed by atoms with E-state index in [9.17, 15) is 13.2 Å². The monoisotopic (exact) mass is 297 g/mol. The van der Waals surface area contributed by atoms with Crippen LogP contribution < -0.4 is 4.72 Å². The molecule has 3 N–H and O–H groups in total. The van der Waals surface area contributed by atoms with Crippen LogP contribution in [-0.4, -0.2) is 40.1 Å². The van der Waals surface area contributed by atoms with Crippen LogP contribution in [0, 0.1) is 0 Å². The Hall–Kier alpha value is -2.33. The Morgan fingerprint density at radius 1 is 1.40 bits per heavy atom. The maximum atomic E-state index is 11.8. The zero-order valence-corrected chi connectivity index (χ0v) is 11.0. The highest BCUT2D eigenvalue weighted by molar-refractivity contribution is 7.88. The summed E-state index contributed by atoms with van der Waals surface area (Å²) in [4.78, 5) is 10.8. The van der Waals surface area contributed by atoms with Gasteiger partial charge in [-0.15, -0.1) is 10.2 Å². The molecule has 0 radical (unpaired) electrons. The standard InChI is InChI=1S/C10H11N5O4S/c16-10(17)8-3-1-2-7(4-8)6-20(18,19)11-5-9-12-14-15-13-9/h1-4,11H,5-6H2,(H,16,17)(H,12,13,14,15). The summed E-state index contributed by atoms with van der Waals surface area (Å²) in [5.41, 5.74) is 0.418. The maximum absolute atomic E-state index is 11.8. The Morgan fingerprint density at radius 3 is 2.85 bits per heavy atom. The first-order valence-corrected chi connectivity index (χ1v) is 7.13. The van der Waals surface area contributed by atoms with Gasteiger partial charge < -0.3 is 5.11 Å². The van der Waals surface area contributed by atoms with Gasteiger partial charge in [0, 0.05) is 0 Å². The lowest BCUT2D eigenvalue weighted by atomic mass is 10.1. The number of aromatic nitrogens is 4. The average molecular weight is 297 g/mol. The summed E-state index contributed by atoms with van der Waals surface area (Å²) >= 11 is 0. The molecule has 20 heavy (non-hydrogen) atoms. The van der Waals surface area contributed by atoms with E-state index in [1.807, 2.05) is 0 Å². The van der Waals surface area contributed by atoms with Crippen LogP contribution in [0.15, 0.2) is 24.3 Å². The summed E-state index contributed by atoms with van der Waals surface area (Å²) in [6, 6.07) is 5.74. The fourth-order valence-electron chi connectivity index (χ4n) is 1.50. The molecule has 106 valence electrons. The number of hydrogen-bond acceptors (Lipinski definition) is 6. The van der Waals surface area contributed by atoms with E-state index >= 15 is 0 Å². The predicted molar refractivity (Wildman–Crippen MR) is 67.0 cm³/mol. The zero-order chi connectivity index (χ0) is 14.6. The van der Waals surface area contributed by atoms with E-state index in [2.05, 4.69) is 25.3 Å². The van der Waals surface area contributed by atoms with Crippen LogP contribution in [-0.2, 0) is 22.3 Å². The quantitative estimate of drug-likeness (QED) is 0.654. The van der Waals surface area contributed by atoms with Crippen LogP contribution in [0.2, 0.25) is 0 Å². The fourth-order valence-corrected chi connectivity index (χ4v) is 2.57. The van der Waals surface area contributed by atoms with E-state index in [1.54, 1.807) is 6.07 Å². The number of carboxylic acids is 1. The number of nitrogens with zero attached hydrogens (tertiary/aromatic N) is 3. The van der Waals surface area contributed by atoms with Crippen molar-refractivity contribution in [3.63, 3.8) is 0 Å². The van der Waals surface area contributed by atoms with Gasteiger partial charge in [0.1, 0.15) is 0 Å². The number of aromatic carboxylic acids is 1. The van der Waals surface area contributed by atoms with E-state index in [0.717, 1.165) is 0 Å². The second-order valence-corrected chi connectivity index (χ2v) is 5.72. The molecule has 1 aromatic heterocycles. The minimum Gasteiger partial charge on any atom is -0.478 e. The second kappa shape index (κ2) is 5.75. The topological polar surface area (TPSA) is 138 Å². The lowest BCUT2D eigenvalue weighted by molar-refractivity contribution is 0.0696. The number of sulfonamides is 1. The third-order valence-corrected chi connectivity index (χ3v) is 3.67. The molecular formula is C10H11N5O4S. The third-order valence-electron chi connectivity index (χ3n) is 2.37. The van der Waals surface area contributed by atoms with Crippen molar-refractivity contribution in [2.24, 2.45) is 0 Å². The molecule has 2 rings (SSSR count). The average Bonchev–Trinajstić information content (AvgIpc) is 2.89. The van der Waals surface area contributed by atoms with Gasteiger partial charge in [-0.1, -0.05) is 17.3 Å². The molecule has 0 saturated heterocycles. The number of carboxylic acid groups (broad SMARTS) is 1. The third kappa shape index (κ3) is 3.83. The van der Waals surface area contributed by atoms with Crippen LogP contribution in [0.5, 0.6) is 0 Å². The highest BCUT2D eigenvalue weighted by atomic mass is 32.2. The summed E-state index contributed by atoms with van der Waals surface area (Å²) in [7, 11) is -3.62. The van der Waals surface area contributed by atoms with E-state index in [0.29, 0.717) is 5.56 Å². The molecule has 9 nitrogen and oxygen atoms in total. The number of rotatable bonds is 6. The largest absolute Gasteiger partial charge is 0.478 e. The fraction of sp³-hybridized carbons (Fsp3) is 0.200. The molecule has 1 heterocycles. The number of H-pyrrole nitrogens is 1. The molecule has 0 unspecified atom stereocenters. The van der Waals surface area contributed by atoms with E-state index in [4.69, 9.17) is 5.11 Å². The minimum absolute atomic E-state index is 0.0378. The number of aromatic amines is 1. The van der Waals surface area contributed by atoms with Crippen LogP contribution in [0.25, 0.3) is 0 Å². The number of carbonyl (C=O) groups is 1. The Morgan fingerprint density at radius 2 is 2.20 bits per heavy atom. The van der Waals surface area contributed by atoms with Gasteiger partial charge in [0.2, 0.25) is 10.0 Å². The normalized spacial score (nSPS) is 11.4. The molecule has 0 amide bonds. The van der Waals surface area contributed by atoms with Crippen LogP contribution in [0.3, 0.4) is 0 Å². The smallest absolute Gasteiger partial charge is 0.335 e. The Kier molecular flexibility index (Phi) is 4.05. The molecule has 0 aliphatic heterocycles. The van der Waals surface area contributed by atoms with Gasteiger partial charge in [0.25, 0.3) is 0 Å². The van der Waals surface area contributed by atoms with Crippen molar-refractivity contribution in [2.75, 3.05) is 0 Å². The van der Waals surface area contributed by atoms with Gasteiger partial charge in [0.05, 0.1) is 17.9 Å². The molecule has 10 heteroatoms. The molecular weight excluding hydrogens is 286 g/mol. The van der Waals surface area contributed by atoms with Crippen molar-refractivity contribution in [3.8, 4) is 0 Å². The lowest BCUT2D eigenvalue weighted by Gasteiger charge is -2.05. The summed E-state index contributed by atoms with van der Waals surface area (Å²) in [5, 5.41) is 21.6. The first-order chi connectivity index (χ1) is 9.46. The Balaban J connectivity index is 2.04. The molecule has 0 spiro atoms. The molecule has 0 atom stereocenters. The molecule has 0 aliphatic carbocycles. The molecule has 1 aromatic carbocycles. The maximum Gasteiger partial charge on any atom is 0.335 e. The number of benzene rings is 1. The zero-order valence-electron chi connectivity index (χ0n) is 10.1. The highest BCUT2D eigenvalue weighted by Crippen LogP contribution is 2.09. The first-order valence-electron chi connectivity index (χ1n) is 5.48. The van der Waals surface area contributed by atoms with Gasteiger partial charge in [-0.25, -0.2) is 17.9 Å². The number of hydrogen-bond donors (Lipinski definition) is 3. The molecule has 2 aromatic rings. The second-order valence-electron chi connectivity index (χ2n) is 3.91. The highest BCUT2D eigenvalue weighted by Gasteiger charge is 2.14. The number of nitrogens with one attached hydrogen (secondary N) is 2. The number of tetrazole rings is 1. The van der Waals surface area contributed by atoms with Gasteiger partial charge in [0.15, 0.2) is 5.82 Å². The van der Waals surface area contributed by atoms with Crippen molar-refractivity contribution in [2.45, 2.75) is 12.3 Å². The van der Waals surface area contributed by atoms with Crippen LogP contribution in [0.4, 0.5) is 0 Å². The van der Waals surface area contributed by atoms with Crippen molar-refractivity contribution < 1.29 is 18.3 Å². The van der Waals surface area contributed by atoms with Crippen molar-refractivity contribution in [1.82, 2.24) is 25.3 Å². The molecule has 0 fully saturated rings. The molecule has 0 bridgehead atoms. The minimum atomic E-state index is -3.62. The molecule has 0 saturated carbocycles. The van der Waals surface area contributed by atoms with Gasteiger partial charge in [-0.05, 0) is 17.7 Å². The van der Waals surface area contributed by atoms with Gasteiger partial charge >= 0.3 is 5.97 Å². The summed E-state index contributed by atoms with van der Waals surface area (Å²) in [6.07, 6.45) is 0. The van der Waals surface area contributed by atoms with Crippen molar-refractivity contribution in [1.29, 1.82) is 0 Å². The van der Waals surface area contributed by atoms with Gasteiger partial charge in [-0.2, -0.15) is 5.21 Å². The Labute approximate surface area is 114 Å². The summed E-state index contributed by atoms with van der Waals surface area (Å²) < 4.78 is 26.0. The lowest BCUT2D eigenvalue weighted by Crippen LogP contribution is -2.25. The van der Waals surface area contributed by atoms with Crippen molar-refractivity contribution in [3.05, 3.63) is 41.2 Å². The van der Waals surface area contributed by atoms with Crippen molar-refractivity contribution >= 4 is 16.0 Å². The van der Waals surface area contributed by atoms with E-state index in [1.165, 1.54) is 18.2 Å². The SMILES string of the molecule is O=C(O)c1cccc(CS(=O)(=O)NCc2nn[nH]n2)c1. The first kappa shape index (κ1) is 14.1. The van der Waals surface area contributed by atoms with Crippen LogP contribution >= 0.6 is 0 Å². The van der Waals surface area contributed by atoms with E-state index in [-0.39, 0.29) is 23.7 Å².